The first-order chi connectivity index (χ1) is 18.1. The van der Waals surface area contributed by atoms with Gasteiger partial charge in [-0.3, -0.25) is 19.7 Å². The molecule has 1 aliphatic heterocycles. The molecule has 2 aliphatic rings. The monoisotopic (exact) mass is 544 g/mol. The Kier molecular flexibility index (Phi) is 8.72. The Bertz CT molecular complexity index is 1140. The van der Waals surface area contributed by atoms with Crippen molar-refractivity contribution < 1.29 is 19.5 Å². The molecule has 11 heteroatoms. The van der Waals surface area contributed by atoms with Crippen molar-refractivity contribution in [2.75, 3.05) is 6.54 Å². The van der Waals surface area contributed by atoms with Gasteiger partial charge in [-0.1, -0.05) is 51.6 Å². The third kappa shape index (κ3) is 6.35. The van der Waals surface area contributed by atoms with E-state index in [1.54, 1.807) is 28.0 Å². The first-order valence-corrected chi connectivity index (χ1v) is 13.6. The highest BCUT2D eigenvalue weighted by Crippen LogP contribution is 2.31. The molecular weight excluding hydrogens is 508 g/mol. The third-order valence-electron chi connectivity index (χ3n) is 7.61. The summed E-state index contributed by atoms with van der Waals surface area (Å²) < 4.78 is 1.60. The molecule has 1 saturated carbocycles. The Morgan fingerprint density at radius 2 is 1.89 bits per heavy atom. The zero-order chi connectivity index (χ0) is 27.4. The molecule has 1 aromatic carbocycles. The summed E-state index contributed by atoms with van der Waals surface area (Å²) in [6.07, 6.45) is 8.44. The van der Waals surface area contributed by atoms with Crippen LogP contribution in [0.5, 0.6) is 0 Å². The van der Waals surface area contributed by atoms with Crippen LogP contribution < -0.4 is 10.6 Å². The van der Waals surface area contributed by atoms with E-state index >= 15 is 0 Å². The molecule has 2 heterocycles. The fourth-order valence-corrected chi connectivity index (χ4v) is 5.60. The van der Waals surface area contributed by atoms with Crippen LogP contribution in [0.15, 0.2) is 30.9 Å². The van der Waals surface area contributed by atoms with E-state index < -0.39 is 29.5 Å². The lowest BCUT2D eigenvalue weighted by Crippen LogP contribution is -2.65. The van der Waals surface area contributed by atoms with Gasteiger partial charge in [0.05, 0.1) is 11.7 Å². The van der Waals surface area contributed by atoms with E-state index in [9.17, 15) is 19.5 Å². The highest BCUT2D eigenvalue weighted by Gasteiger charge is 2.45. The Morgan fingerprint density at radius 3 is 2.47 bits per heavy atom. The van der Waals surface area contributed by atoms with Gasteiger partial charge < -0.3 is 15.3 Å². The van der Waals surface area contributed by atoms with Crippen molar-refractivity contribution in [3.63, 3.8) is 0 Å². The number of carbonyl (C=O) groups excluding carboxylic acids is 2. The number of likely N-dealkylation sites (tertiary alicyclic amines) is 1. The number of rotatable bonds is 9. The smallest absolute Gasteiger partial charge is 0.321 e. The second-order valence-electron chi connectivity index (χ2n) is 11.3. The minimum absolute atomic E-state index is 0.0430. The minimum Gasteiger partial charge on any atom is -0.480 e. The molecule has 2 aromatic rings. The van der Waals surface area contributed by atoms with E-state index in [-0.39, 0.29) is 24.3 Å². The number of nitrogens with one attached hydrogen (secondary N) is 2. The predicted octanol–water partition coefficient (Wildman–Crippen LogP) is 3.18. The van der Waals surface area contributed by atoms with Crippen molar-refractivity contribution in [1.82, 2.24) is 30.3 Å². The van der Waals surface area contributed by atoms with Crippen molar-refractivity contribution >= 4 is 29.4 Å². The number of carbonyl (C=O) groups is 3. The lowest BCUT2D eigenvalue weighted by molar-refractivity contribution is -0.152. The molecule has 0 spiro atoms. The maximum Gasteiger partial charge on any atom is 0.321 e. The largest absolute Gasteiger partial charge is 0.480 e. The SMILES string of the molecule is CC(C)(C)C(N[C@@H](C(=O)N1CC[C@H]1C(=O)NCc1cc(Cl)ccc1-n1cncn1)C1CCCCC1)C(=O)O. The summed E-state index contributed by atoms with van der Waals surface area (Å²) in [6.45, 7) is 6.23. The molecule has 1 aromatic heterocycles. The average Bonchev–Trinajstić information content (AvgIpc) is 3.36. The number of carboxylic acid groups (broad SMARTS) is 1. The Hall–Kier alpha value is -2.98. The number of benzene rings is 1. The van der Waals surface area contributed by atoms with Gasteiger partial charge in [0.25, 0.3) is 0 Å². The van der Waals surface area contributed by atoms with Crippen LogP contribution in [-0.4, -0.2) is 67.2 Å². The molecular formula is C27H37ClN6O4. The number of aliphatic carboxylic acids is 1. The Morgan fingerprint density at radius 1 is 1.16 bits per heavy atom. The predicted molar refractivity (Wildman–Crippen MR) is 143 cm³/mol. The van der Waals surface area contributed by atoms with Crippen molar-refractivity contribution in [2.45, 2.75) is 84.0 Å². The summed E-state index contributed by atoms with van der Waals surface area (Å²) in [4.78, 5) is 44.7. The number of hydrogen-bond acceptors (Lipinski definition) is 6. The number of amides is 2. The quantitative estimate of drug-likeness (QED) is 0.442. The molecule has 206 valence electrons. The molecule has 1 unspecified atom stereocenters. The van der Waals surface area contributed by atoms with Crippen molar-refractivity contribution in [3.8, 4) is 5.69 Å². The first-order valence-electron chi connectivity index (χ1n) is 13.3. The standard InChI is InChI=1S/C27H37ClN6O4/c1-27(2,3)23(26(37)38)32-22(17-7-5-4-6-8-17)25(36)33-12-11-21(33)24(35)30-14-18-13-19(28)9-10-20(18)34-16-29-15-31-34/h9-10,13,15-17,21-23,32H,4-8,11-12,14H2,1-3H3,(H,30,35)(H,37,38)/t21-,22+,23?/m0/s1. The average molecular weight is 545 g/mol. The molecule has 10 nitrogen and oxygen atoms in total. The normalized spacial score (nSPS) is 19.9. The Balaban J connectivity index is 1.47. The van der Waals surface area contributed by atoms with E-state index in [2.05, 4.69) is 20.7 Å². The van der Waals surface area contributed by atoms with Gasteiger partial charge >= 0.3 is 5.97 Å². The van der Waals surface area contributed by atoms with Crippen LogP contribution in [0.4, 0.5) is 0 Å². The minimum atomic E-state index is -0.978. The molecule has 0 bridgehead atoms. The molecule has 38 heavy (non-hydrogen) atoms. The van der Waals surface area contributed by atoms with Gasteiger partial charge in [0.2, 0.25) is 11.8 Å². The fraction of sp³-hybridized carbons (Fsp3) is 0.593. The van der Waals surface area contributed by atoms with E-state index in [4.69, 9.17) is 11.6 Å². The van der Waals surface area contributed by atoms with Crippen molar-refractivity contribution in [1.29, 1.82) is 0 Å². The lowest BCUT2D eigenvalue weighted by Gasteiger charge is -2.44. The summed E-state index contributed by atoms with van der Waals surface area (Å²) in [5.41, 5.74) is 0.936. The van der Waals surface area contributed by atoms with Gasteiger partial charge in [0.1, 0.15) is 24.7 Å². The summed E-state index contributed by atoms with van der Waals surface area (Å²) in [6, 6.07) is 3.21. The van der Waals surface area contributed by atoms with Gasteiger partial charge in [-0.15, -0.1) is 0 Å². The van der Waals surface area contributed by atoms with E-state index in [0.717, 1.165) is 43.4 Å². The van der Waals surface area contributed by atoms with Crippen LogP contribution >= 0.6 is 11.6 Å². The van der Waals surface area contributed by atoms with Gasteiger partial charge in [0.15, 0.2) is 0 Å². The van der Waals surface area contributed by atoms with Gasteiger partial charge in [0, 0.05) is 18.1 Å². The summed E-state index contributed by atoms with van der Waals surface area (Å²) >= 11 is 6.20. The van der Waals surface area contributed by atoms with Crippen LogP contribution in [-0.2, 0) is 20.9 Å². The van der Waals surface area contributed by atoms with Crippen molar-refractivity contribution in [2.24, 2.45) is 11.3 Å². The van der Waals surface area contributed by atoms with E-state index in [0.29, 0.717) is 18.0 Å². The van der Waals surface area contributed by atoms with Crippen molar-refractivity contribution in [3.05, 3.63) is 41.4 Å². The number of carboxylic acids is 1. The maximum absolute atomic E-state index is 13.8. The second kappa shape index (κ2) is 11.8. The first kappa shape index (κ1) is 28.0. The highest BCUT2D eigenvalue weighted by atomic mass is 35.5. The van der Waals surface area contributed by atoms with Crippen LogP contribution in [0.1, 0.15) is 64.9 Å². The molecule has 2 fully saturated rings. The second-order valence-corrected chi connectivity index (χ2v) is 11.8. The summed E-state index contributed by atoms with van der Waals surface area (Å²) in [7, 11) is 0. The van der Waals surface area contributed by atoms with Crippen LogP contribution in [0.2, 0.25) is 5.02 Å². The van der Waals surface area contributed by atoms with Gasteiger partial charge in [-0.2, -0.15) is 5.10 Å². The maximum atomic E-state index is 13.8. The van der Waals surface area contributed by atoms with E-state index in [1.807, 2.05) is 26.8 Å². The molecule has 4 rings (SSSR count). The molecule has 2 amide bonds. The molecule has 1 aliphatic carbocycles. The zero-order valence-electron chi connectivity index (χ0n) is 22.2. The molecule has 3 N–H and O–H groups in total. The number of aromatic nitrogens is 3. The Labute approximate surface area is 228 Å². The van der Waals surface area contributed by atoms with Crippen LogP contribution in [0.25, 0.3) is 5.69 Å². The number of hydrogen-bond donors (Lipinski definition) is 3. The third-order valence-corrected chi connectivity index (χ3v) is 7.85. The summed E-state index contributed by atoms with van der Waals surface area (Å²) in [5, 5.41) is 20.8. The highest BCUT2D eigenvalue weighted by molar-refractivity contribution is 6.30. The lowest BCUT2D eigenvalue weighted by atomic mass is 9.80. The molecule has 0 radical (unpaired) electrons. The molecule has 1 saturated heterocycles. The number of nitrogens with zero attached hydrogens (tertiary/aromatic N) is 4. The van der Waals surface area contributed by atoms with Crippen LogP contribution in [0.3, 0.4) is 0 Å². The fourth-order valence-electron chi connectivity index (χ4n) is 5.40. The zero-order valence-corrected chi connectivity index (χ0v) is 22.9. The summed E-state index contributed by atoms with van der Waals surface area (Å²) in [5.74, 6) is -1.37. The van der Waals surface area contributed by atoms with E-state index in [1.165, 1.54) is 6.33 Å². The van der Waals surface area contributed by atoms with Gasteiger partial charge in [-0.05, 0) is 54.4 Å². The topological polar surface area (TPSA) is 129 Å². The van der Waals surface area contributed by atoms with Crippen LogP contribution in [0, 0.1) is 11.3 Å². The molecule has 3 atom stereocenters. The van der Waals surface area contributed by atoms with Gasteiger partial charge in [-0.25, -0.2) is 9.67 Å². The number of halogens is 1.